The van der Waals surface area contributed by atoms with Crippen LogP contribution in [0, 0.1) is 0 Å². The minimum atomic E-state index is -1.64. The standard InChI is InChI=1S/C23H27NO10/c1-4-5-13-30-20(27)17(14-9-7-6-8-10-14)31-21(28)18-19(33-23(2,3)32-18)22(29)34-24-15(25)11-12-16(24)26/h6-10,17-19H,4-5,11-13H2,1-3H3/t17-,18+,19+/m0/s1. The normalized spacial score (nSPS) is 22.4. The van der Waals surface area contributed by atoms with Crippen molar-refractivity contribution >= 4 is 29.7 Å². The van der Waals surface area contributed by atoms with Gasteiger partial charge in [0.25, 0.3) is 11.8 Å². The molecule has 0 N–H and O–H groups in total. The minimum absolute atomic E-state index is 0.0933. The monoisotopic (exact) mass is 477 g/mol. The molecule has 1 aromatic carbocycles. The third-order valence-electron chi connectivity index (χ3n) is 5.04. The van der Waals surface area contributed by atoms with E-state index in [2.05, 4.69) is 0 Å². The molecule has 0 radical (unpaired) electrons. The summed E-state index contributed by atoms with van der Waals surface area (Å²) in [5.74, 6) is -5.80. The Bertz CT molecular complexity index is 928. The first-order chi connectivity index (χ1) is 16.1. The number of hydrogen-bond donors (Lipinski definition) is 0. The number of hydroxylamine groups is 2. The van der Waals surface area contributed by atoms with Crippen LogP contribution in [0.4, 0.5) is 0 Å². The number of carbonyl (C=O) groups excluding carboxylic acids is 5. The molecule has 0 saturated carbocycles. The smallest absolute Gasteiger partial charge is 0.365 e. The van der Waals surface area contributed by atoms with Gasteiger partial charge in [0, 0.05) is 18.4 Å². The number of unbranched alkanes of at least 4 members (excludes halogenated alkanes) is 1. The van der Waals surface area contributed by atoms with Crippen molar-refractivity contribution in [2.24, 2.45) is 0 Å². The highest BCUT2D eigenvalue weighted by Gasteiger charge is 2.52. The van der Waals surface area contributed by atoms with Gasteiger partial charge in [0.1, 0.15) is 0 Å². The molecule has 2 heterocycles. The summed E-state index contributed by atoms with van der Waals surface area (Å²) in [7, 11) is 0. The second-order valence-corrected chi connectivity index (χ2v) is 8.22. The number of ether oxygens (including phenoxy) is 4. The molecule has 11 heteroatoms. The van der Waals surface area contributed by atoms with E-state index >= 15 is 0 Å². The van der Waals surface area contributed by atoms with Crippen molar-refractivity contribution < 1.29 is 47.8 Å². The third-order valence-corrected chi connectivity index (χ3v) is 5.04. The van der Waals surface area contributed by atoms with Gasteiger partial charge in [-0.15, -0.1) is 5.06 Å². The molecule has 0 bridgehead atoms. The van der Waals surface area contributed by atoms with E-state index in [1.807, 2.05) is 6.92 Å². The second-order valence-electron chi connectivity index (χ2n) is 8.22. The molecule has 11 nitrogen and oxygen atoms in total. The van der Waals surface area contributed by atoms with Crippen LogP contribution in [0.2, 0.25) is 0 Å². The summed E-state index contributed by atoms with van der Waals surface area (Å²) in [6, 6.07) is 8.24. The van der Waals surface area contributed by atoms with Crippen LogP contribution in [-0.4, -0.2) is 59.4 Å². The number of amides is 2. The van der Waals surface area contributed by atoms with Crippen LogP contribution in [0.25, 0.3) is 0 Å². The molecule has 0 aliphatic carbocycles. The first-order valence-corrected chi connectivity index (χ1v) is 11.0. The molecule has 2 amide bonds. The Balaban J connectivity index is 1.76. The van der Waals surface area contributed by atoms with Crippen LogP contribution >= 0.6 is 0 Å². The van der Waals surface area contributed by atoms with E-state index in [4.69, 9.17) is 23.8 Å². The van der Waals surface area contributed by atoms with Crippen molar-refractivity contribution in [1.82, 2.24) is 5.06 Å². The summed E-state index contributed by atoms with van der Waals surface area (Å²) in [6.07, 6.45) is -3.42. The Labute approximate surface area is 196 Å². The Morgan fingerprint density at radius 1 is 1.03 bits per heavy atom. The predicted molar refractivity (Wildman–Crippen MR) is 112 cm³/mol. The zero-order valence-corrected chi connectivity index (χ0v) is 19.2. The van der Waals surface area contributed by atoms with Crippen LogP contribution in [0.15, 0.2) is 30.3 Å². The highest BCUT2D eigenvalue weighted by molar-refractivity contribution is 6.02. The van der Waals surface area contributed by atoms with Crippen molar-refractivity contribution in [2.75, 3.05) is 6.61 Å². The summed E-state index contributed by atoms with van der Waals surface area (Å²) < 4.78 is 21.7. The maximum absolute atomic E-state index is 13.0. The molecular weight excluding hydrogens is 450 g/mol. The zero-order valence-electron chi connectivity index (χ0n) is 19.2. The fraction of sp³-hybridized carbons (Fsp3) is 0.522. The van der Waals surface area contributed by atoms with Crippen molar-refractivity contribution in [3.8, 4) is 0 Å². The van der Waals surface area contributed by atoms with Gasteiger partial charge in [0.15, 0.2) is 18.0 Å². The largest absolute Gasteiger partial charge is 0.463 e. The van der Waals surface area contributed by atoms with E-state index in [1.54, 1.807) is 30.3 Å². The van der Waals surface area contributed by atoms with E-state index in [9.17, 15) is 24.0 Å². The molecule has 0 unspecified atom stereocenters. The molecule has 0 aromatic heterocycles. The molecule has 2 aliphatic rings. The molecular formula is C23H27NO10. The maximum atomic E-state index is 13.0. The van der Waals surface area contributed by atoms with Gasteiger partial charge in [0.2, 0.25) is 6.10 Å². The number of carbonyl (C=O) groups is 5. The van der Waals surface area contributed by atoms with Gasteiger partial charge >= 0.3 is 17.9 Å². The minimum Gasteiger partial charge on any atom is -0.463 e. The van der Waals surface area contributed by atoms with E-state index < -0.39 is 53.8 Å². The van der Waals surface area contributed by atoms with Gasteiger partial charge < -0.3 is 23.8 Å². The highest BCUT2D eigenvalue weighted by atomic mass is 16.8. The summed E-state index contributed by atoms with van der Waals surface area (Å²) in [5.41, 5.74) is 0.364. The van der Waals surface area contributed by atoms with Gasteiger partial charge in [-0.05, 0) is 20.3 Å². The number of benzene rings is 1. The van der Waals surface area contributed by atoms with Crippen molar-refractivity contribution in [2.45, 2.75) is 70.6 Å². The molecule has 3 rings (SSSR count). The van der Waals surface area contributed by atoms with Gasteiger partial charge in [-0.2, -0.15) is 0 Å². The van der Waals surface area contributed by atoms with Gasteiger partial charge in [-0.25, -0.2) is 14.4 Å². The first kappa shape index (κ1) is 25.3. The van der Waals surface area contributed by atoms with Crippen LogP contribution in [0.1, 0.15) is 58.1 Å². The summed E-state index contributed by atoms with van der Waals surface area (Å²) in [4.78, 5) is 66.8. The molecule has 2 aliphatic heterocycles. The average Bonchev–Trinajstić information content (AvgIpc) is 3.31. The number of esters is 2. The van der Waals surface area contributed by atoms with Gasteiger partial charge in [0.05, 0.1) is 6.61 Å². The second kappa shape index (κ2) is 10.7. The maximum Gasteiger partial charge on any atom is 0.365 e. The van der Waals surface area contributed by atoms with Crippen molar-refractivity contribution in [3.63, 3.8) is 0 Å². The highest BCUT2D eigenvalue weighted by Crippen LogP contribution is 2.32. The van der Waals surface area contributed by atoms with E-state index in [-0.39, 0.29) is 19.4 Å². The quantitative estimate of drug-likeness (QED) is 0.294. The fourth-order valence-electron chi connectivity index (χ4n) is 3.36. The lowest BCUT2D eigenvalue weighted by Gasteiger charge is -2.21. The first-order valence-electron chi connectivity index (χ1n) is 11.0. The van der Waals surface area contributed by atoms with Crippen LogP contribution in [0.5, 0.6) is 0 Å². The van der Waals surface area contributed by atoms with E-state index in [1.165, 1.54) is 13.8 Å². The van der Waals surface area contributed by atoms with Crippen molar-refractivity contribution in [3.05, 3.63) is 35.9 Å². The average molecular weight is 477 g/mol. The topological polar surface area (TPSA) is 135 Å². The number of hydrogen-bond acceptors (Lipinski definition) is 10. The lowest BCUT2D eigenvalue weighted by Crippen LogP contribution is -2.44. The van der Waals surface area contributed by atoms with Crippen LogP contribution in [0.3, 0.4) is 0 Å². The Kier molecular flexibility index (Phi) is 8.00. The number of imide groups is 1. The third kappa shape index (κ3) is 5.97. The number of rotatable bonds is 9. The van der Waals surface area contributed by atoms with E-state index in [0.717, 1.165) is 6.42 Å². The fourth-order valence-corrected chi connectivity index (χ4v) is 3.36. The summed E-state index contributed by atoms with van der Waals surface area (Å²) in [5, 5.41) is 0.345. The molecule has 34 heavy (non-hydrogen) atoms. The molecule has 2 saturated heterocycles. The lowest BCUT2D eigenvalue weighted by atomic mass is 10.1. The SMILES string of the molecule is CCCCOC(=O)[C@@H](OC(=O)[C@@H]1OC(C)(C)O[C@H]1C(=O)ON1C(=O)CCC1=O)c1ccccc1. The predicted octanol–water partition coefficient (Wildman–Crippen LogP) is 1.74. The number of nitrogens with zero attached hydrogens (tertiary/aromatic N) is 1. The molecule has 3 atom stereocenters. The molecule has 2 fully saturated rings. The van der Waals surface area contributed by atoms with Crippen molar-refractivity contribution in [1.29, 1.82) is 0 Å². The Morgan fingerprint density at radius 3 is 2.21 bits per heavy atom. The van der Waals surface area contributed by atoms with E-state index in [0.29, 0.717) is 17.0 Å². The summed E-state index contributed by atoms with van der Waals surface area (Å²) >= 11 is 0. The Morgan fingerprint density at radius 2 is 1.62 bits per heavy atom. The lowest BCUT2D eigenvalue weighted by molar-refractivity contribution is -0.208. The van der Waals surface area contributed by atoms with Gasteiger partial charge in [-0.1, -0.05) is 43.7 Å². The van der Waals surface area contributed by atoms with Crippen LogP contribution < -0.4 is 0 Å². The zero-order chi connectivity index (χ0) is 24.9. The Hall–Kier alpha value is -3.31. The molecule has 0 spiro atoms. The molecule has 184 valence electrons. The van der Waals surface area contributed by atoms with Gasteiger partial charge in [-0.3, -0.25) is 9.59 Å². The summed E-state index contributed by atoms with van der Waals surface area (Å²) in [6.45, 7) is 5.00. The van der Waals surface area contributed by atoms with Crippen LogP contribution in [-0.2, 0) is 47.8 Å². The molecule has 1 aromatic rings.